The first-order valence-electron chi connectivity index (χ1n) is 7.85. The fraction of sp³-hybridized carbons (Fsp3) is 1.00. The zero-order chi connectivity index (χ0) is 12.4. The van der Waals surface area contributed by atoms with Gasteiger partial charge >= 0.3 is 0 Å². The van der Waals surface area contributed by atoms with Crippen LogP contribution in [0.5, 0.6) is 0 Å². The van der Waals surface area contributed by atoms with E-state index in [1.165, 1.54) is 51.6 Å². The number of hydrogen-bond donors (Lipinski definition) is 1. The summed E-state index contributed by atoms with van der Waals surface area (Å²) in [7, 11) is 0. The lowest BCUT2D eigenvalue weighted by Crippen LogP contribution is -2.59. The predicted octanol–water partition coefficient (Wildman–Crippen LogP) is 2.01. The van der Waals surface area contributed by atoms with Gasteiger partial charge in [-0.25, -0.2) is 0 Å². The minimum Gasteiger partial charge on any atom is -0.381 e. The summed E-state index contributed by atoms with van der Waals surface area (Å²) >= 11 is 0. The molecule has 1 aliphatic carbocycles. The number of nitrogens with zero attached hydrogens (tertiary/aromatic N) is 1. The van der Waals surface area contributed by atoms with Crippen molar-refractivity contribution in [3.8, 4) is 0 Å². The molecule has 3 nitrogen and oxygen atoms in total. The lowest BCUT2D eigenvalue weighted by molar-refractivity contribution is -0.00910. The van der Waals surface area contributed by atoms with Gasteiger partial charge in [-0.2, -0.15) is 0 Å². The van der Waals surface area contributed by atoms with E-state index in [2.05, 4.69) is 4.90 Å². The summed E-state index contributed by atoms with van der Waals surface area (Å²) < 4.78 is 5.65. The first kappa shape index (κ1) is 12.9. The molecule has 0 spiro atoms. The van der Waals surface area contributed by atoms with Crippen LogP contribution in [0.3, 0.4) is 0 Å². The molecule has 0 radical (unpaired) electrons. The van der Waals surface area contributed by atoms with Crippen LogP contribution in [0.1, 0.15) is 44.9 Å². The summed E-state index contributed by atoms with van der Waals surface area (Å²) in [6, 6.07) is 0. The average Bonchev–Trinajstić information content (AvgIpc) is 2.64. The van der Waals surface area contributed by atoms with Crippen molar-refractivity contribution in [3.63, 3.8) is 0 Å². The third-order valence-corrected chi connectivity index (χ3v) is 5.54. The third kappa shape index (κ3) is 2.45. The van der Waals surface area contributed by atoms with E-state index in [1.807, 2.05) is 0 Å². The van der Waals surface area contributed by atoms with Gasteiger partial charge in [0.25, 0.3) is 0 Å². The Bertz CT molecular complexity index is 262. The van der Waals surface area contributed by atoms with Gasteiger partial charge in [-0.05, 0) is 50.4 Å². The highest BCUT2D eigenvalue weighted by molar-refractivity contribution is 4.97. The minimum absolute atomic E-state index is 0.255. The van der Waals surface area contributed by atoms with Gasteiger partial charge in [0.15, 0.2) is 0 Å². The molecule has 3 fully saturated rings. The molecule has 2 heterocycles. The minimum atomic E-state index is 0.255. The van der Waals surface area contributed by atoms with Crippen molar-refractivity contribution in [2.45, 2.75) is 50.5 Å². The van der Waals surface area contributed by atoms with Gasteiger partial charge in [-0.3, -0.25) is 4.90 Å². The van der Waals surface area contributed by atoms with Crippen molar-refractivity contribution in [2.24, 2.45) is 17.6 Å². The van der Waals surface area contributed by atoms with Gasteiger partial charge in [0, 0.05) is 38.4 Å². The van der Waals surface area contributed by atoms with Crippen LogP contribution < -0.4 is 5.73 Å². The smallest absolute Gasteiger partial charge is 0.0484 e. The molecule has 18 heavy (non-hydrogen) atoms. The zero-order valence-electron chi connectivity index (χ0n) is 11.6. The molecule has 0 aromatic heterocycles. The second-order valence-electron chi connectivity index (χ2n) is 6.70. The molecule has 3 atom stereocenters. The monoisotopic (exact) mass is 252 g/mol. The summed E-state index contributed by atoms with van der Waals surface area (Å²) in [5.74, 6) is 1.90. The number of piperidine rings is 1. The van der Waals surface area contributed by atoms with Crippen molar-refractivity contribution in [2.75, 3.05) is 32.8 Å². The lowest BCUT2D eigenvalue weighted by atomic mass is 9.75. The highest BCUT2D eigenvalue weighted by Gasteiger charge is 2.41. The maximum absolute atomic E-state index is 6.19. The van der Waals surface area contributed by atoms with E-state index in [-0.39, 0.29) is 5.54 Å². The first-order chi connectivity index (χ1) is 8.82. The summed E-state index contributed by atoms with van der Waals surface area (Å²) in [6.07, 6.45) is 9.40. The van der Waals surface area contributed by atoms with Crippen LogP contribution in [-0.4, -0.2) is 43.3 Å². The van der Waals surface area contributed by atoms with Gasteiger partial charge in [0.2, 0.25) is 0 Å². The first-order valence-corrected chi connectivity index (χ1v) is 7.85. The third-order valence-electron chi connectivity index (χ3n) is 5.54. The van der Waals surface area contributed by atoms with E-state index in [0.29, 0.717) is 0 Å². The number of rotatable bonds is 2. The van der Waals surface area contributed by atoms with Gasteiger partial charge in [0.05, 0.1) is 0 Å². The zero-order valence-corrected chi connectivity index (χ0v) is 11.6. The Morgan fingerprint density at radius 1 is 1.06 bits per heavy atom. The lowest BCUT2D eigenvalue weighted by Gasteiger charge is -2.51. The van der Waals surface area contributed by atoms with Gasteiger partial charge in [-0.15, -0.1) is 0 Å². The Kier molecular flexibility index (Phi) is 3.92. The van der Waals surface area contributed by atoms with E-state index < -0.39 is 0 Å². The molecule has 3 rings (SSSR count). The number of likely N-dealkylation sites (tertiary alicyclic amines) is 1. The SMILES string of the molecule is NCC1(N2CC3CCCC(C3)C2)CCCOCC1. The highest BCUT2D eigenvalue weighted by atomic mass is 16.5. The van der Waals surface area contributed by atoms with Crippen LogP contribution in [0.15, 0.2) is 0 Å². The molecule has 3 heteroatoms. The quantitative estimate of drug-likeness (QED) is 0.817. The number of fused-ring (bicyclic) bond motifs is 2. The van der Waals surface area contributed by atoms with Crippen molar-refractivity contribution in [1.82, 2.24) is 4.90 Å². The molecule has 104 valence electrons. The second kappa shape index (κ2) is 5.48. The maximum atomic E-state index is 6.19. The molecule has 0 amide bonds. The molecule has 3 unspecified atom stereocenters. The second-order valence-corrected chi connectivity index (χ2v) is 6.70. The fourth-order valence-corrected chi connectivity index (χ4v) is 4.46. The van der Waals surface area contributed by atoms with Crippen molar-refractivity contribution in [3.05, 3.63) is 0 Å². The topological polar surface area (TPSA) is 38.5 Å². The Labute approximate surface area is 111 Å². The summed E-state index contributed by atoms with van der Waals surface area (Å²) in [5.41, 5.74) is 6.45. The van der Waals surface area contributed by atoms with Crippen molar-refractivity contribution in [1.29, 1.82) is 0 Å². The molecule has 3 aliphatic rings. The molecule has 2 saturated heterocycles. The summed E-state index contributed by atoms with van der Waals surface area (Å²) in [4.78, 5) is 2.76. The molecule has 0 aromatic rings. The Morgan fingerprint density at radius 2 is 1.83 bits per heavy atom. The van der Waals surface area contributed by atoms with E-state index in [4.69, 9.17) is 10.5 Å². The number of hydrogen-bond acceptors (Lipinski definition) is 3. The van der Waals surface area contributed by atoms with E-state index in [0.717, 1.165) is 38.0 Å². The number of ether oxygens (including phenoxy) is 1. The maximum Gasteiger partial charge on any atom is 0.0484 e. The molecule has 0 aromatic carbocycles. The highest BCUT2D eigenvalue weighted by Crippen LogP contribution is 2.39. The Morgan fingerprint density at radius 3 is 2.56 bits per heavy atom. The van der Waals surface area contributed by atoms with Crippen LogP contribution in [0.2, 0.25) is 0 Å². The number of nitrogens with two attached hydrogens (primary N) is 1. The molecular weight excluding hydrogens is 224 g/mol. The van der Waals surface area contributed by atoms with Gasteiger partial charge in [-0.1, -0.05) is 6.42 Å². The molecule has 2 aliphatic heterocycles. The van der Waals surface area contributed by atoms with Crippen LogP contribution >= 0.6 is 0 Å². The van der Waals surface area contributed by atoms with E-state index in [9.17, 15) is 0 Å². The standard InChI is InChI=1S/C15H28N2O/c16-12-15(5-2-7-18-8-6-15)17-10-13-3-1-4-14(9-13)11-17/h13-14H,1-12,16H2. The van der Waals surface area contributed by atoms with Crippen LogP contribution in [0.4, 0.5) is 0 Å². The molecule has 2 bridgehead atoms. The largest absolute Gasteiger partial charge is 0.381 e. The van der Waals surface area contributed by atoms with E-state index >= 15 is 0 Å². The van der Waals surface area contributed by atoms with Crippen LogP contribution in [0.25, 0.3) is 0 Å². The predicted molar refractivity (Wildman–Crippen MR) is 73.5 cm³/mol. The van der Waals surface area contributed by atoms with Crippen LogP contribution in [-0.2, 0) is 4.74 Å². The average molecular weight is 252 g/mol. The molecular formula is C15H28N2O. The normalized spacial score (nSPS) is 42.5. The van der Waals surface area contributed by atoms with E-state index in [1.54, 1.807) is 0 Å². The molecule has 1 saturated carbocycles. The Hall–Kier alpha value is -0.120. The fourth-order valence-electron chi connectivity index (χ4n) is 4.46. The summed E-state index contributed by atoms with van der Waals surface area (Å²) in [5, 5.41) is 0. The van der Waals surface area contributed by atoms with Crippen molar-refractivity contribution >= 4 is 0 Å². The van der Waals surface area contributed by atoms with Crippen LogP contribution in [0, 0.1) is 11.8 Å². The van der Waals surface area contributed by atoms with Gasteiger partial charge in [0.1, 0.15) is 0 Å². The molecule has 2 N–H and O–H groups in total. The van der Waals surface area contributed by atoms with Gasteiger partial charge < -0.3 is 10.5 Å². The summed E-state index contributed by atoms with van der Waals surface area (Å²) in [6.45, 7) is 5.25. The van der Waals surface area contributed by atoms with Crippen molar-refractivity contribution < 1.29 is 4.74 Å². The Balaban J connectivity index is 1.73.